The van der Waals surface area contributed by atoms with Crippen LogP contribution < -0.4 is 41.5 Å². The summed E-state index contributed by atoms with van der Waals surface area (Å²) in [7, 11) is -2.13. The molecule has 5 aliphatic rings. The van der Waals surface area contributed by atoms with E-state index in [0.29, 0.717) is 0 Å². The standard InChI is InChI=1S/C64H62BN3Si/c1-61(2,3)44-33-35-51(47(38-44)42-22-12-10-13-23-42)66-54-39-45(62(4,5)43-24-14-11-15-25-43)32-34-49(54)65-50-27-20-31-58-60(50)67(53-29-18-19-30-57(53)69(58,8)9)56-41-46(40-55(66)59(56)65)68-52-28-17-16-26-48(52)63(6)36-21-37-64(63,68)7/h10-20,22-35,38-41H,21,36-37H2,1-9H3. The number of fused-ring (bicyclic) bond motifs is 9. The largest absolute Gasteiger partial charge is 0.334 e. The Balaban J connectivity index is 1.18. The van der Waals surface area contributed by atoms with E-state index in [-0.39, 0.29) is 28.5 Å². The third-order valence-corrected chi connectivity index (χ3v) is 21.5. The summed E-state index contributed by atoms with van der Waals surface area (Å²) in [5, 5.41) is 3.02. The Morgan fingerprint density at radius 3 is 1.91 bits per heavy atom. The lowest BCUT2D eigenvalue weighted by Gasteiger charge is -2.50. The van der Waals surface area contributed by atoms with Crippen molar-refractivity contribution in [2.45, 2.75) is 103 Å². The summed E-state index contributed by atoms with van der Waals surface area (Å²) >= 11 is 0. The zero-order valence-corrected chi connectivity index (χ0v) is 42.8. The van der Waals surface area contributed by atoms with Crippen LogP contribution in [-0.4, -0.2) is 20.3 Å². The second-order valence-corrected chi connectivity index (χ2v) is 27.6. The Morgan fingerprint density at radius 1 is 0.507 bits per heavy atom. The predicted molar refractivity (Wildman–Crippen MR) is 298 cm³/mol. The average molecular weight is 912 g/mol. The first-order valence-corrected chi connectivity index (χ1v) is 28.4. The van der Waals surface area contributed by atoms with Crippen LogP contribution in [0.4, 0.5) is 45.5 Å². The second-order valence-electron chi connectivity index (χ2n) is 23.3. The van der Waals surface area contributed by atoms with Crippen molar-refractivity contribution in [1.29, 1.82) is 0 Å². The van der Waals surface area contributed by atoms with Crippen molar-refractivity contribution < 1.29 is 0 Å². The average Bonchev–Trinajstić information content (AvgIpc) is 3.76. The normalized spacial score (nSPS) is 20.2. The highest BCUT2D eigenvalue weighted by Crippen LogP contribution is 2.63. The molecule has 0 spiro atoms. The quantitative estimate of drug-likeness (QED) is 0.159. The van der Waals surface area contributed by atoms with Crippen molar-refractivity contribution in [3.63, 3.8) is 0 Å². The molecule has 0 amide bonds. The molecule has 0 bridgehead atoms. The van der Waals surface area contributed by atoms with Crippen LogP contribution in [-0.2, 0) is 16.2 Å². The van der Waals surface area contributed by atoms with Gasteiger partial charge in [0.05, 0.1) is 11.2 Å². The summed E-state index contributed by atoms with van der Waals surface area (Å²) in [4.78, 5) is 8.21. The van der Waals surface area contributed by atoms with E-state index in [1.807, 2.05) is 0 Å². The second kappa shape index (κ2) is 14.5. The van der Waals surface area contributed by atoms with Crippen LogP contribution in [0.15, 0.2) is 176 Å². The monoisotopic (exact) mass is 911 g/mol. The molecule has 0 saturated heterocycles. The number of rotatable bonds is 5. The maximum atomic E-state index is 2.79. The molecule has 0 N–H and O–H groups in total. The lowest BCUT2D eigenvalue weighted by atomic mass is 9.33. The summed E-state index contributed by atoms with van der Waals surface area (Å²) in [6.45, 7) is 22.1. The SMILES string of the molecule is CC(C)(C)c1ccc(N2c3cc(C(C)(C)c4ccccc4)ccc3B3c4cccc5c4N(c4ccccc4[Si]5(C)C)c4cc(N5c6ccccc6C6(C)CCCC56C)cc2c43)c(-c2ccccc2)c1. The van der Waals surface area contributed by atoms with Crippen molar-refractivity contribution in [3.05, 3.63) is 198 Å². The van der Waals surface area contributed by atoms with Gasteiger partial charge in [-0.15, -0.1) is 0 Å². The number of anilines is 8. The molecule has 0 aromatic heterocycles. The molecule has 1 saturated carbocycles. The molecule has 340 valence electrons. The fourth-order valence-corrected chi connectivity index (χ4v) is 16.9. The molecule has 4 heterocycles. The molecule has 1 aliphatic carbocycles. The first kappa shape index (κ1) is 42.5. The Bertz CT molecular complexity index is 3420. The van der Waals surface area contributed by atoms with Crippen LogP contribution in [0.3, 0.4) is 0 Å². The highest BCUT2D eigenvalue weighted by molar-refractivity contribution is 7.05. The van der Waals surface area contributed by atoms with Gasteiger partial charge in [-0.05, 0) is 122 Å². The predicted octanol–water partition coefficient (Wildman–Crippen LogP) is 13.5. The lowest BCUT2D eigenvalue weighted by Crippen LogP contribution is -2.67. The first-order chi connectivity index (χ1) is 33.1. The van der Waals surface area contributed by atoms with Gasteiger partial charge in [0.2, 0.25) is 0 Å². The number of nitrogens with zero attached hydrogens (tertiary/aromatic N) is 3. The number of hydrogen-bond acceptors (Lipinski definition) is 3. The summed E-state index contributed by atoms with van der Waals surface area (Å²) in [5.41, 5.74) is 22.1. The van der Waals surface area contributed by atoms with Crippen LogP contribution in [0.25, 0.3) is 11.1 Å². The third kappa shape index (κ3) is 5.74. The van der Waals surface area contributed by atoms with E-state index in [4.69, 9.17) is 0 Å². The smallest absolute Gasteiger partial charge is 0.252 e. The molecular formula is C64H62BN3Si. The van der Waals surface area contributed by atoms with Crippen LogP contribution in [0, 0.1) is 0 Å². The van der Waals surface area contributed by atoms with Crippen molar-refractivity contribution in [2.75, 3.05) is 14.7 Å². The van der Waals surface area contributed by atoms with E-state index in [0.717, 1.165) is 6.42 Å². The van der Waals surface area contributed by atoms with E-state index >= 15 is 0 Å². The van der Waals surface area contributed by atoms with Crippen LogP contribution >= 0.6 is 0 Å². The first-order valence-electron chi connectivity index (χ1n) is 25.4. The van der Waals surface area contributed by atoms with Gasteiger partial charge in [-0.25, -0.2) is 0 Å². The van der Waals surface area contributed by atoms with E-state index < -0.39 is 8.07 Å². The Hall–Kier alpha value is -6.56. The molecule has 5 heteroatoms. The zero-order chi connectivity index (χ0) is 47.4. The van der Waals surface area contributed by atoms with E-state index in [2.05, 4.69) is 252 Å². The van der Waals surface area contributed by atoms with Crippen LogP contribution in [0.1, 0.15) is 90.0 Å². The maximum absolute atomic E-state index is 2.79. The summed E-state index contributed by atoms with van der Waals surface area (Å²) in [6, 6.07) is 68.4. The fraction of sp³-hybridized carbons (Fsp3) is 0.250. The van der Waals surface area contributed by atoms with Crippen LogP contribution in [0.2, 0.25) is 13.1 Å². The van der Waals surface area contributed by atoms with Crippen molar-refractivity contribution in [2.24, 2.45) is 0 Å². The Kier molecular flexibility index (Phi) is 8.94. The van der Waals surface area contributed by atoms with Crippen molar-refractivity contribution in [3.8, 4) is 11.1 Å². The van der Waals surface area contributed by atoms with Gasteiger partial charge in [0.1, 0.15) is 8.07 Å². The molecule has 69 heavy (non-hydrogen) atoms. The molecule has 2 atom stereocenters. The van der Waals surface area contributed by atoms with E-state index in [9.17, 15) is 0 Å². The molecule has 1 fully saturated rings. The molecular weight excluding hydrogens is 850 g/mol. The summed E-state index contributed by atoms with van der Waals surface area (Å²) < 4.78 is 0. The molecule has 3 nitrogen and oxygen atoms in total. The maximum Gasteiger partial charge on any atom is 0.252 e. The molecule has 4 aliphatic heterocycles. The summed E-state index contributed by atoms with van der Waals surface area (Å²) in [5.74, 6) is 0. The van der Waals surface area contributed by atoms with Gasteiger partial charge in [-0.2, -0.15) is 0 Å². The van der Waals surface area contributed by atoms with Gasteiger partial charge < -0.3 is 14.7 Å². The molecule has 13 rings (SSSR count). The van der Waals surface area contributed by atoms with Gasteiger partial charge in [-0.1, -0.05) is 195 Å². The fourth-order valence-electron chi connectivity index (χ4n) is 13.9. The molecule has 2 unspecified atom stereocenters. The van der Waals surface area contributed by atoms with Gasteiger partial charge in [0.15, 0.2) is 0 Å². The molecule has 8 aromatic carbocycles. The lowest BCUT2D eigenvalue weighted by molar-refractivity contribution is 0.330. The van der Waals surface area contributed by atoms with Gasteiger partial charge in [-0.3, -0.25) is 0 Å². The number of hydrogen-bond donors (Lipinski definition) is 0. The zero-order valence-electron chi connectivity index (χ0n) is 41.8. The summed E-state index contributed by atoms with van der Waals surface area (Å²) in [6.07, 6.45) is 3.55. The minimum Gasteiger partial charge on any atom is -0.334 e. The van der Waals surface area contributed by atoms with Gasteiger partial charge >= 0.3 is 0 Å². The van der Waals surface area contributed by atoms with Gasteiger partial charge in [0, 0.05) is 56.2 Å². The van der Waals surface area contributed by atoms with E-state index in [1.54, 1.807) is 0 Å². The number of benzene rings is 8. The highest BCUT2D eigenvalue weighted by Gasteiger charge is 2.60. The van der Waals surface area contributed by atoms with Crippen molar-refractivity contribution in [1.82, 2.24) is 0 Å². The topological polar surface area (TPSA) is 9.72 Å². The molecule has 8 aromatic rings. The third-order valence-electron chi connectivity index (χ3n) is 18.0. The Morgan fingerprint density at radius 2 is 1.16 bits per heavy atom. The molecule has 0 radical (unpaired) electrons. The van der Waals surface area contributed by atoms with E-state index in [1.165, 1.54) is 118 Å². The highest BCUT2D eigenvalue weighted by atomic mass is 28.3. The van der Waals surface area contributed by atoms with Crippen LogP contribution in [0.5, 0.6) is 0 Å². The number of para-hydroxylation sites is 3. The van der Waals surface area contributed by atoms with Crippen molar-refractivity contribution >= 4 is 87.0 Å². The Labute approximate surface area is 411 Å². The minimum atomic E-state index is -2.13. The minimum absolute atomic E-state index is 0.0256. The van der Waals surface area contributed by atoms with Gasteiger partial charge in [0.25, 0.3) is 6.71 Å².